The van der Waals surface area contributed by atoms with Gasteiger partial charge in [-0.2, -0.15) is 5.10 Å². The van der Waals surface area contributed by atoms with Crippen molar-refractivity contribution in [3.05, 3.63) is 59.1 Å². The molecule has 34 heavy (non-hydrogen) atoms. The van der Waals surface area contributed by atoms with Gasteiger partial charge >= 0.3 is 5.97 Å². The third-order valence-corrected chi connectivity index (χ3v) is 6.18. The summed E-state index contributed by atoms with van der Waals surface area (Å²) < 4.78 is 32.2. The van der Waals surface area contributed by atoms with E-state index in [0.29, 0.717) is 63.3 Å². The summed E-state index contributed by atoms with van der Waals surface area (Å²) in [6.45, 7) is 5.54. The molecule has 1 aliphatic rings. The molecule has 0 saturated heterocycles. The van der Waals surface area contributed by atoms with E-state index in [1.807, 2.05) is 6.92 Å². The van der Waals surface area contributed by atoms with Crippen LogP contribution < -0.4 is 10.1 Å². The molecule has 0 aliphatic heterocycles. The zero-order chi connectivity index (χ0) is 24.0. The number of hydrogen-bond acceptors (Lipinski definition) is 6. The summed E-state index contributed by atoms with van der Waals surface area (Å²) in [6, 6.07) is 6.44. The maximum Gasteiger partial charge on any atom is 0.340 e. The van der Waals surface area contributed by atoms with E-state index in [2.05, 4.69) is 10.4 Å². The molecule has 1 N–H and O–H groups in total. The number of fused-ring (bicyclic) bond motifs is 2. The van der Waals surface area contributed by atoms with Crippen LogP contribution in [0.1, 0.15) is 51.8 Å². The summed E-state index contributed by atoms with van der Waals surface area (Å²) in [6.07, 6.45) is 3.30. The molecule has 9 heteroatoms. The van der Waals surface area contributed by atoms with Crippen LogP contribution >= 0.6 is 0 Å². The number of ether oxygens (including phenoxy) is 2. The highest BCUT2D eigenvalue weighted by Gasteiger charge is 2.33. The molecule has 8 nitrogen and oxygen atoms in total. The van der Waals surface area contributed by atoms with Gasteiger partial charge in [0, 0.05) is 23.7 Å². The Morgan fingerprint density at radius 3 is 2.79 bits per heavy atom. The van der Waals surface area contributed by atoms with Crippen molar-refractivity contribution in [1.82, 2.24) is 14.9 Å². The van der Waals surface area contributed by atoms with E-state index in [4.69, 9.17) is 13.9 Å². The van der Waals surface area contributed by atoms with Gasteiger partial charge in [0.25, 0.3) is 5.91 Å². The lowest BCUT2D eigenvalue weighted by Gasteiger charge is -2.30. The molecule has 0 radical (unpaired) electrons. The fraction of sp³-hybridized carbons (Fsp3) is 0.320. The van der Waals surface area contributed by atoms with E-state index in [1.165, 1.54) is 0 Å². The Morgan fingerprint density at radius 2 is 2.09 bits per heavy atom. The van der Waals surface area contributed by atoms with Crippen LogP contribution in [0.3, 0.4) is 0 Å². The Bertz CT molecular complexity index is 1420. The number of nitrogens with zero attached hydrogens (tertiary/aromatic N) is 2. The number of alkyl halides is 1. The van der Waals surface area contributed by atoms with E-state index < -0.39 is 18.2 Å². The predicted octanol–water partition coefficient (Wildman–Crippen LogP) is 4.90. The number of aryl methyl sites for hydroxylation is 2. The van der Waals surface area contributed by atoms with Crippen LogP contribution in [0.15, 0.2) is 41.1 Å². The minimum Gasteiger partial charge on any atom is -0.462 e. The first-order valence-electron chi connectivity index (χ1n) is 11.2. The van der Waals surface area contributed by atoms with Crippen molar-refractivity contribution in [2.45, 2.75) is 45.8 Å². The molecule has 3 aromatic heterocycles. The number of aromatic nitrogens is 2. The van der Waals surface area contributed by atoms with Crippen molar-refractivity contribution in [2.24, 2.45) is 0 Å². The van der Waals surface area contributed by atoms with Crippen LogP contribution in [-0.2, 0) is 4.74 Å². The van der Waals surface area contributed by atoms with Crippen LogP contribution in [0.2, 0.25) is 0 Å². The normalized spacial score (nSPS) is 17.5. The van der Waals surface area contributed by atoms with Gasteiger partial charge in [-0.05, 0) is 51.3 Å². The van der Waals surface area contributed by atoms with Crippen molar-refractivity contribution in [1.29, 1.82) is 0 Å². The number of carbonyl (C=O) groups is 2. The smallest absolute Gasteiger partial charge is 0.340 e. The summed E-state index contributed by atoms with van der Waals surface area (Å²) in [5.74, 6) is 0.677. The predicted molar refractivity (Wildman–Crippen MR) is 122 cm³/mol. The largest absolute Gasteiger partial charge is 0.462 e. The first-order chi connectivity index (χ1) is 16.4. The number of hydrogen-bond donors (Lipinski definition) is 1. The highest BCUT2D eigenvalue weighted by Crippen LogP contribution is 2.34. The lowest BCUT2D eigenvalue weighted by molar-refractivity contribution is 0.0525. The highest BCUT2D eigenvalue weighted by atomic mass is 19.1. The average Bonchev–Trinajstić information content (AvgIpc) is 3.32. The van der Waals surface area contributed by atoms with E-state index in [9.17, 15) is 14.0 Å². The Morgan fingerprint density at radius 1 is 1.26 bits per heavy atom. The van der Waals surface area contributed by atoms with Crippen molar-refractivity contribution in [2.75, 3.05) is 6.61 Å². The molecule has 1 aliphatic carbocycles. The molecule has 0 spiro atoms. The minimum absolute atomic E-state index is 0.277. The Hall–Kier alpha value is -3.88. The lowest BCUT2D eigenvalue weighted by Crippen LogP contribution is -2.48. The molecule has 0 bridgehead atoms. The molecule has 5 rings (SSSR count). The molecule has 4 aromatic rings. The lowest BCUT2D eigenvalue weighted by atomic mass is 9.90. The number of carbonyl (C=O) groups excluding carboxylic acids is 2. The van der Waals surface area contributed by atoms with E-state index in [0.717, 1.165) is 0 Å². The number of halogens is 1. The van der Waals surface area contributed by atoms with Gasteiger partial charge in [-0.25, -0.2) is 13.7 Å². The molecular weight excluding hydrogens is 441 g/mol. The van der Waals surface area contributed by atoms with E-state index in [-0.39, 0.29) is 12.5 Å². The Balaban J connectivity index is 1.46. The average molecular weight is 465 g/mol. The fourth-order valence-corrected chi connectivity index (χ4v) is 4.25. The van der Waals surface area contributed by atoms with Gasteiger partial charge in [0.2, 0.25) is 0 Å². The molecule has 3 heterocycles. The summed E-state index contributed by atoms with van der Waals surface area (Å²) in [5, 5.41) is 7.65. The highest BCUT2D eigenvalue weighted by molar-refractivity contribution is 6.07. The first kappa shape index (κ1) is 21.9. The maximum atomic E-state index is 13.6. The third-order valence-electron chi connectivity index (χ3n) is 6.18. The van der Waals surface area contributed by atoms with Crippen LogP contribution in [0.4, 0.5) is 4.39 Å². The van der Waals surface area contributed by atoms with Crippen molar-refractivity contribution < 1.29 is 27.9 Å². The van der Waals surface area contributed by atoms with Gasteiger partial charge in [-0.3, -0.25) is 4.79 Å². The number of rotatable bonds is 6. The summed E-state index contributed by atoms with van der Waals surface area (Å²) in [7, 11) is 0. The zero-order valence-corrected chi connectivity index (χ0v) is 19.1. The van der Waals surface area contributed by atoms with Crippen molar-refractivity contribution in [3.63, 3.8) is 0 Å². The number of nitrogens with one attached hydrogen (secondary N) is 1. The fourth-order valence-electron chi connectivity index (χ4n) is 4.25. The van der Waals surface area contributed by atoms with Crippen molar-refractivity contribution in [3.8, 4) is 11.5 Å². The Kier molecular flexibility index (Phi) is 5.47. The third kappa shape index (κ3) is 3.67. The van der Waals surface area contributed by atoms with Gasteiger partial charge in [0.15, 0.2) is 5.75 Å². The summed E-state index contributed by atoms with van der Waals surface area (Å²) in [4.78, 5) is 25.0. The molecule has 176 valence electrons. The zero-order valence-electron chi connectivity index (χ0n) is 19.1. The second-order valence-corrected chi connectivity index (χ2v) is 8.34. The second kappa shape index (κ2) is 8.48. The molecule has 1 amide bonds. The van der Waals surface area contributed by atoms with Gasteiger partial charge in [0.1, 0.15) is 28.8 Å². The molecule has 1 aromatic carbocycles. The molecule has 2 atom stereocenters. The maximum absolute atomic E-state index is 13.6. The topological polar surface area (TPSA) is 95.1 Å². The van der Waals surface area contributed by atoms with E-state index >= 15 is 0 Å². The van der Waals surface area contributed by atoms with Crippen LogP contribution in [-0.4, -0.2) is 40.3 Å². The monoisotopic (exact) mass is 465 g/mol. The molecule has 1 saturated carbocycles. The Labute approximate surface area is 194 Å². The molecule has 0 unspecified atom stereocenters. The second-order valence-electron chi connectivity index (χ2n) is 8.34. The first-order valence-corrected chi connectivity index (χ1v) is 11.2. The van der Waals surface area contributed by atoms with E-state index in [1.54, 1.807) is 55.0 Å². The number of furan rings is 1. The number of amides is 1. The summed E-state index contributed by atoms with van der Waals surface area (Å²) in [5.41, 5.74) is 2.63. The SMILES string of the molecule is CCOC(=O)c1cn2nccc(Oc3ccc4c(C(=O)N[C@@H]5CC[C@@H]5F)c(C)oc4c3)c2c1C. The number of esters is 1. The van der Waals surface area contributed by atoms with Gasteiger partial charge < -0.3 is 19.2 Å². The van der Waals surface area contributed by atoms with Crippen LogP contribution in [0, 0.1) is 13.8 Å². The van der Waals surface area contributed by atoms with Gasteiger partial charge in [-0.15, -0.1) is 0 Å². The van der Waals surface area contributed by atoms with Gasteiger partial charge in [-0.1, -0.05) is 0 Å². The number of benzene rings is 1. The molecular formula is C25H24FN3O5. The van der Waals surface area contributed by atoms with Crippen molar-refractivity contribution >= 4 is 28.4 Å². The molecule has 1 fully saturated rings. The van der Waals surface area contributed by atoms with Crippen LogP contribution in [0.25, 0.3) is 16.5 Å². The minimum atomic E-state index is -0.999. The quantitative estimate of drug-likeness (QED) is 0.407. The summed E-state index contributed by atoms with van der Waals surface area (Å²) >= 11 is 0. The standard InChI is InChI=1S/C25H24FN3O5/c1-4-32-25(31)17-12-29-23(13(17)2)20(9-10-27-29)34-15-5-6-16-21(11-15)33-14(3)22(16)24(30)28-19-8-7-18(19)26/h5-6,9-12,18-19H,4,7-8H2,1-3H3,(H,28,30)/t18-,19+/m0/s1. The van der Waals surface area contributed by atoms with Gasteiger partial charge in [0.05, 0.1) is 30.0 Å². The van der Waals surface area contributed by atoms with Crippen LogP contribution in [0.5, 0.6) is 11.5 Å².